The predicted octanol–water partition coefficient (Wildman–Crippen LogP) is 4.78. The van der Waals surface area contributed by atoms with E-state index in [4.69, 9.17) is 0 Å². The maximum Gasteiger partial charge on any atom is 0.163 e. The fourth-order valence-electron chi connectivity index (χ4n) is 2.32. The minimum Gasteiger partial charge on any atom is -0.306 e. The van der Waals surface area contributed by atoms with Gasteiger partial charge in [-0.25, -0.2) is 8.78 Å². The number of rotatable bonds is 6. The Balaban J connectivity index is 2.50. The lowest BCUT2D eigenvalue weighted by Gasteiger charge is -2.22. The van der Waals surface area contributed by atoms with E-state index in [1.807, 2.05) is 37.4 Å². The van der Waals surface area contributed by atoms with Gasteiger partial charge in [-0.3, -0.25) is 0 Å². The Morgan fingerprint density at radius 3 is 2.48 bits per heavy atom. The second-order valence-electron chi connectivity index (χ2n) is 4.77. The van der Waals surface area contributed by atoms with Crippen molar-refractivity contribution in [3.8, 4) is 0 Å². The summed E-state index contributed by atoms with van der Waals surface area (Å²) in [4.78, 5) is 1.06. The van der Waals surface area contributed by atoms with Gasteiger partial charge in [-0.2, -0.15) is 0 Å². The first-order valence-electron chi connectivity index (χ1n) is 6.99. The van der Waals surface area contributed by atoms with Crippen LogP contribution in [-0.4, -0.2) is 12.8 Å². The molecule has 2 rings (SSSR count). The summed E-state index contributed by atoms with van der Waals surface area (Å²) in [6, 6.07) is 11.8. The lowest BCUT2D eigenvalue weighted by atomic mass is 9.97. The first kappa shape index (κ1) is 16.0. The Labute approximate surface area is 128 Å². The molecule has 0 radical (unpaired) electrons. The standard InChI is InChI=1S/C17H19F2NS/c1-3-11-20-17(12-7-4-5-10-15(12)21-2)13-8-6-9-14(18)16(13)19/h4-10,17,20H,3,11H2,1-2H3. The minimum absolute atomic E-state index is 0.343. The van der Waals surface area contributed by atoms with Gasteiger partial charge >= 0.3 is 0 Å². The van der Waals surface area contributed by atoms with E-state index in [0.29, 0.717) is 5.56 Å². The zero-order chi connectivity index (χ0) is 15.2. The van der Waals surface area contributed by atoms with Gasteiger partial charge in [-0.05, 0) is 36.9 Å². The van der Waals surface area contributed by atoms with Gasteiger partial charge in [0.2, 0.25) is 0 Å². The van der Waals surface area contributed by atoms with Crippen LogP contribution in [0, 0.1) is 11.6 Å². The third kappa shape index (κ3) is 3.63. The third-order valence-corrected chi connectivity index (χ3v) is 4.15. The van der Waals surface area contributed by atoms with Crippen molar-refractivity contribution >= 4 is 11.8 Å². The zero-order valence-corrected chi connectivity index (χ0v) is 13.0. The van der Waals surface area contributed by atoms with E-state index >= 15 is 0 Å². The molecule has 112 valence electrons. The summed E-state index contributed by atoms with van der Waals surface area (Å²) in [7, 11) is 0. The van der Waals surface area contributed by atoms with Gasteiger partial charge in [0.1, 0.15) is 0 Å². The molecule has 0 aliphatic heterocycles. The second kappa shape index (κ2) is 7.57. The fraction of sp³-hybridized carbons (Fsp3) is 0.294. The molecule has 0 aromatic heterocycles. The molecular formula is C17H19F2NS. The van der Waals surface area contributed by atoms with Crippen LogP contribution in [0.1, 0.15) is 30.5 Å². The Morgan fingerprint density at radius 1 is 1.05 bits per heavy atom. The highest BCUT2D eigenvalue weighted by Gasteiger charge is 2.21. The number of hydrogen-bond donors (Lipinski definition) is 1. The second-order valence-corrected chi connectivity index (χ2v) is 5.62. The molecule has 0 fully saturated rings. The first-order chi connectivity index (χ1) is 10.2. The zero-order valence-electron chi connectivity index (χ0n) is 12.2. The normalized spacial score (nSPS) is 12.4. The van der Waals surface area contributed by atoms with Crippen LogP contribution >= 0.6 is 11.8 Å². The quantitative estimate of drug-likeness (QED) is 0.771. The fourth-order valence-corrected chi connectivity index (χ4v) is 2.96. The molecule has 2 aromatic rings. The summed E-state index contributed by atoms with van der Waals surface area (Å²) in [5, 5.41) is 3.32. The van der Waals surface area contributed by atoms with Crippen molar-refractivity contribution in [3.05, 3.63) is 65.2 Å². The molecule has 0 aliphatic carbocycles. The SMILES string of the molecule is CCCNC(c1ccccc1SC)c1cccc(F)c1F. The van der Waals surface area contributed by atoms with Crippen molar-refractivity contribution in [2.45, 2.75) is 24.3 Å². The van der Waals surface area contributed by atoms with Crippen molar-refractivity contribution in [2.75, 3.05) is 12.8 Å². The maximum absolute atomic E-state index is 14.2. The summed E-state index contributed by atoms with van der Waals surface area (Å²) < 4.78 is 27.7. The number of nitrogens with one attached hydrogen (secondary N) is 1. The summed E-state index contributed by atoms with van der Waals surface area (Å²) in [5.41, 5.74) is 1.33. The van der Waals surface area contributed by atoms with Crippen molar-refractivity contribution < 1.29 is 8.78 Å². The highest BCUT2D eigenvalue weighted by atomic mass is 32.2. The van der Waals surface area contributed by atoms with Crippen LogP contribution in [0.15, 0.2) is 47.4 Å². The maximum atomic E-state index is 14.2. The van der Waals surface area contributed by atoms with E-state index in [0.717, 1.165) is 29.5 Å². The van der Waals surface area contributed by atoms with E-state index in [1.165, 1.54) is 0 Å². The average Bonchev–Trinajstić information content (AvgIpc) is 2.52. The molecule has 0 saturated heterocycles. The van der Waals surface area contributed by atoms with Gasteiger partial charge in [-0.15, -0.1) is 11.8 Å². The Hall–Kier alpha value is -1.39. The predicted molar refractivity (Wildman–Crippen MR) is 84.7 cm³/mol. The van der Waals surface area contributed by atoms with E-state index < -0.39 is 11.6 Å². The van der Waals surface area contributed by atoms with E-state index in [-0.39, 0.29) is 6.04 Å². The number of halogens is 2. The summed E-state index contributed by atoms with van der Waals surface area (Å²) in [5.74, 6) is -1.58. The summed E-state index contributed by atoms with van der Waals surface area (Å²) in [6.07, 6.45) is 2.91. The molecular weight excluding hydrogens is 288 g/mol. The van der Waals surface area contributed by atoms with Gasteiger partial charge < -0.3 is 5.32 Å². The Kier molecular flexibility index (Phi) is 5.76. The van der Waals surface area contributed by atoms with Crippen LogP contribution in [0.3, 0.4) is 0 Å². The number of benzene rings is 2. The molecule has 4 heteroatoms. The molecule has 0 amide bonds. The molecule has 0 bridgehead atoms. The van der Waals surface area contributed by atoms with Crippen LogP contribution in [0.4, 0.5) is 8.78 Å². The Morgan fingerprint density at radius 2 is 1.76 bits per heavy atom. The van der Waals surface area contributed by atoms with Gasteiger partial charge in [-0.1, -0.05) is 37.3 Å². The van der Waals surface area contributed by atoms with Crippen molar-refractivity contribution in [3.63, 3.8) is 0 Å². The highest BCUT2D eigenvalue weighted by molar-refractivity contribution is 7.98. The van der Waals surface area contributed by atoms with Crippen LogP contribution in [0.2, 0.25) is 0 Å². The van der Waals surface area contributed by atoms with Crippen LogP contribution in [0.25, 0.3) is 0 Å². The van der Waals surface area contributed by atoms with Crippen LogP contribution in [-0.2, 0) is 0 Å². The molecule has 0 spiro atoms. The number of hydrogen-bond acceptors (Lipinski definition) is 2. The molecule has 1 nitrogen and oxygen atoms in total. The molecule has 1 N–H and O–H groups in total. The van der Waals surface area contributed by atoms with Crippen molar-refractivity contribution in [1.29, 1.82) is 0 Å². The van der Waals surface area contributed by atoms with Crippen molar-refractivity contribution in [2.24, 2.45) is 0 Å². The largest absolute Gasteiger partial charge is 0.306 e. The lowest BCUT2D eigenvalue weighted by Crippen LogP contribution is -2.25. The van der Waals surface area contributed by atoms with Gasteiger partial charge in [0, 0.05) is 10.5 Å². The highest BCUT2D eigenvalue weighted by Crippen LogP contribution is 2.32. The molecule has 2 aromatic carbocycles. The first-order valence-corrected chi connectivity index (χ1v) is 8.21. The minimum atomic E-state index is -0.808. The molecule has 1 atom stereocenters. The van der Waals surface area contributed by atoms with Gasteiger partial charge in [0.15, 0.2) is 11.6 Å². The molecule has 0 heterocycles. The molecule has 0 saturated carbocycles. The molecule has 1 unspecified atom stereocenters. The summed E-state index contributed by atoms with van der Waals surface area (Å²) >= 11 is 1.61. The number of thioether (sulfide) groups is 1. The summed E-state index contributed by atoms with van der Waals surface area (Å²) in [6.45, 7) is 2.79. The topological polar surface area (TPSA) is 12.0 Å². The van der Waals surface area contributed by atoms with Gasteiger partial charge in [0.25, 0.3) is 0 Å². The van der Waals surface area contributed by atoms with Crippen LogP contribution in [0.5, 0.6) is 0 Å². The Bertz CT molecular complexity index is 601. The van der Waals surface area contributed by atoms with Crippen LogP contribution < -0.4 is 5.32 Å². The average molecular weight is 307 g/mol. The molecule has 21 heavy (non-hydrogen) atoms. The monoisotopic (exact) mass is 307 g/mol. The van der Waals surface area contributed by atoms with E-state index in [2.05, 4.69) is 5.32 Å². The lowest BCUT2D eigenvalue weighted by molar-refractivity contribution is 0.479. The molecule has 0 aliphatic rings. The van der Waals surface area contributed by atoms with Gasteiger partial charge in [0.05, 0.1) is 6.04 Å². The van der Waals surface area contributed by atoms with Crippen molar-refractivity contribution in [1.82, 2.24) is 5.32 Å². The van der Waals surface area contributed by atoms with E-state index in [9.17, 15) is 8.78 Å². The van der Waals surface area contributed by atoms with E-state index in [1.54, 1.807) is 23.9 Å². The third-order valence-electron chi connectivity index (χ3n) is 3.34. The smallest absolute Gasteiger partial charge is 0.163 e.